The Balaban J connectivity index is 1.67. The number of allylic oxidation sites excluding steroid dienone is 1. The minimum absolute atomic E-state index is 0.0971. The lowest BCUT2D eigenvalue weighted by Gasteiger charge is -2.62. The van der Waals surface area contributed by atoms with Crippen LogP contribution in [0.4, 0.5) is 0 Å². The van der Waals surface area contributed by atoms with Gasteiger partial charge in [0, 0.05) is 43.0 Å². The largest absolute Gasteiger partial charge is 0.466 e. The molecule has 5 atom stereocenters. The van der Waals surface area contributed by atoms with Gasteiger partial charge in [-0.25, -0.2) is 4.79 Å². The molecular formula is C24H35NO5. The van der Waals surface area contributed by atoms with Crippen molar-refractivity contribution < 1.29 is 24.1 Å². The molecule has 2 bridgehead atoms. The normalized spacial score (nSPS) is 43.2. The van der Waals surface area contributed by atoms with E-state index in [4.69, 9.17) is 14.2 Å². The summed E-state index contributed by atoms with van der Waals surface area (Å²) in [6, 6.07) is 0. The van der Waals surface area contributed by atoms with Gasteiger partial charge in [-0.05, 0) is 68.2 Å². The highest BCUT2D eigenvalue weighted by atomic mass is 16.7. The molecule has 0 radical (unpaired) electrons. The van der Waals surface area contributed by atoms with E-state index in [0.717, 1.165) is 62.8 Å². The predicted octanol–water partition coefficient (Wildman–Crippen LogP) is 2.81. The molecule has 0 amide bonds. The number of hydrogen-bond donors (Lipinski definition) is 1. The highest BCUT2D eigenvalue weighted by molar-refractivity contribution is 5.92. The summed E-state index contributed by atoms with van der Waals surface area (Å²) in [5.41, 5.74) is 4.17. The molecule has 0 aromatic carbocycles. The summed E-state index contributed by atoms with van der Waals surface area (Å²) < 4.78 is 17.6. The molecule has 2 heterocycles. The Labute approximate surface area is 179 Å². The van der Waals surface area contributed by atoms with Gasteiger partial charge in [-0.1, -0.05) is 6.92 Å². The number of methoxy groups -OCH3 is 2. The van der Waals surface area contributed by atoms with Gasteiger partial charge in [0.2, 0.25) is 0 Å². The summed E-state index contributed by atoms with van der Waals surface area (Å²) in [5, 5.41) is 11.3. The average Bonchev–Trinajstić information content (AvgIpc) is 3.31. The number of aliphatic hydroxyl groups is 1. The maximum atomic E-state index is 12.8. The second-order valence-electron chi connectivity index (χ2n) is 10.2. The smallest absolute Gasteiger partial charge is 0.334 e. The number of hydrogen-bond acceptors (Lipinski definition) is 6. The summed E-state index contributed by atoms with van der Waals surface area (Å²) in [6.45, 7) is 4.60. The quantitative estimate of drug-likeness (QED) is 0.713. The Morgan fingerprint density at radius 1 is 1.30 bits per heavy atom. The van der Waals surface area contributed by atoms with Gasteiger partial charge in [0.1, 0.15) is 0 Å². The van der Waals surface area contributed by atoms with E-state index in [-0.39, 0.29) is 16.8 Å². The minimum Gasteiger partial charge on any atom is -0.466 e. The van der Waals surface area contributed by atoms with Gasteiger partial charge in [-0.2, -0.15) is 0 Å². The van der Waals surface area contributed by atoms with Crippen LogP contribution in [0, 0.1) is 16.7 Å². The number of ether oxygens (including phenoxy) is 3. The van der Waals surface area contributed by atoms with Crippen LogP contribution in [0.15, 0.2) is 22.3 Å². The molecule has 1 N–H and O–H groups in total. The molecule has 2 fully saturated rings. The van der Waals surface area contributed by atoms with Crippen LogP contribution >= 0.6 is 0 Å². The topological polar surface area (TPSA) is 68.2 Å². The lowest BCUT2D eigenvalue weighted by atomic mass is 9.50. The maximum Gasteiger partial charge on any atom is 0.334 e. The van der Waals surface area contributed by atoms with Crippen LogP contribution in [0.5, 0.6) is 0 Å². The van der Waals surface area contributed by atoms with Crippen molar-refractivity contribution in [2.75, 3.05) is 41.0 Å². The van der Waals surface area contributed by atoms with Crippen LogP contribution in [0.25, 0.3) is 0 Å². The first-order chi connectivity index (χ1) is 14.4. The molecule has 5 aliphatic rings. The summed E-state index contributed by atoms with van der Waals surface area (Å²) in [5.74, 6) is -0.395. The summed E-state index contributed by atoms with van der Waals surface area (Å²) in [7, 11) is 5.40. The van der Waals surface area contributed by atoms with Crippen molar-refractivity contribution in [3.05, 3.63) is 22.3 Å². The minimum atomic E-state index is -0.514. The Hall–Kier alpha value is -1.21. The van der Waals surface area contributed by atoms with Crippen LogP contribution in [0.3, 0.4) is 0 Å². The van der Waals surface area contributed by atoms with E-state index >= 15 is 0 Å². The number of carbonyl (C=O) groups excluding carboxylic acids is 1. The van der Waals surface area contributed by atoms with Crippen LogP contribution in [-0.2, 0) is 19.0 Å². The van der Waals surface area contributed by atoms with Gasteiger partial charge in [0.25, 0.3) is 0 Å². The standard InChI is InChI=1S/C24H35NO5/c1-5-24(29-4)9-8-22(14-30-24)15-10-19(26)17-7-6-16-18(21(27)28-3)11-23(22,20(16)17)13-25(2)12-15/h15,19,26H,5-14H2,1-4H3/t15-,19-,22+,23-,24+/m1/s1. The summed E-state index contributed by atoms with van der Waals surface area (Å²) >= 11 is 0. The van der Waals surface area contributed by atoms with Crippen LogP contribution in [0.2, 0.25) is 0 Å². The van der Waals surface area contributed by atoms with Crippen LogP contribution in [0.1, 0.15) is 51.9 Å². The van der Waals surface area contributed by atoms with E-state index in [1.54, 1.807) is 7.11 Å². The highest BCUT2D eigenvalue weighted by Crippen LogP contribution is 2.70. The molecule has 2 aliphatic heterocycles. The van der Waals surface area contributed by atoms with Gasteiger partial charge < -0.3 is 24.2 Å². The zero-order valence-electron chi connectivity index (χ0n) is 18.8. The fraction of sp³-hybridized carbons (Fsp3) is 0.792. The third-order valence-corrected chi connectivity index (χ3v) is 9.19. The zero-order valence-corrected chi connectivity index (χ0v) is 18.8. The van der Waals surface area contributed by atoms with E-state index in [9.17, 15) is 9.90 Å². The Morgan fingerprint density at radius 2 is 2.10 bits per heavy atom. The third kappa shape index (κ3) is 2.48. The molecule has 0 unspecified atom stereocenters. The molecule has 3 aliphatic carbocycles. The number of rotatable bonds is 3. The van der Waals surface area contributed by atoms with Crippen molar-refractivity contribution in [1.82, 2.24) is 4.90 Å². The number of aliphatic hydroxyl groups excluding tert-OH is 1. The third-order valence-electron chi connectivity index (χ3n) is 9.19. The molecule has 6 nitrogen and oxygen atoms in total. The van der Waals surface area contributed by atoms with Gasteiger partial charge in [0.05, 0.1) is 19.8 Å². The van der Waals surface area contributed by atoms with Gasteiger partial charge in [0.15, 0.2) is 5.79 Å². The SMILES string of the molecule is CC[C@@]1(OC)CC[C@]2(CO1)[C@@H]1C[C@@H](O)C3=C4C(=C(C(=O)OC)C[C@@]42CN(C)C1)CC3. The summed E-state index contributed by atoms with van der Waals surface area (Å²) in [6.07, 6.45) is 5.43. The van der Waals surface area contributed by atoms with E-state index < -0.39 is 11.9 Å². The first-order valence-corrected chi connectivity index (χ1v) is 11.5. The van der Waals surface area contributed by atoms with E-state index in [1.807, 2.05) is 0 Å². The lowest BCUT2D eigenvalue weighted by molar-refractivity contribution is -0.294. The Bertz CT molecular complexity index is 815. The first kappa shape index (κ1) is 20.7. The molecule has 166 valence electrons. The second kappa shape index (κ2) is 6.89. The monoisotopic (exact) mass is 417 g/mol. The van der Waals surface area contributed by atoms with E-state index in [0.29, 0.717) is 18.9 Å². The summed E-state index contributed by atoms with van der Waals surface area (Å²) in [4.78, 5) is 15.2. The number of likely N-dealkylation sites (tertiary alicyclic amines) is 1. The molecule has 6 heteroatoms. The first-order valence-electron chi connectivity index (χ1n) is 11.5. The number of carbonyl (C=O) groups is 1. The van der Waals surface area contributed by atoms with E-state index in [1.165, 1.54) is 18.3 Å². The predicted molar refractivity (Wildman–Crippen MR) is 112 cm³/mol. The molecule has 2 spiro atoms. The molecule has 0 saturated carbocycles. The number of piperidine rings is 1. The molecule has 2 saturated heterocycles. The fourth-order valence-corrected chi connectivity index (χ4v) is 7.75. The molecule has 30 heavy (non-hydrogen) atoms. The van der Waals surface area contributed by atoms with Gasteiger partial charge in [-0.15, -0.1) is 0 Å². The van der Waals surface area contributed by atoms with Crippen LogP contribution < -0.4 is 0 Å². The molecule has 5 rings (SSSR count). The van der Waals surface area contributed by atoms with Crippen molar-refractivity contribution >= 4 is 5.97 Å². The molecule has 0 aromatic rings. The van der Waals surface area contributed by atoms with Gasteiger partial charge >= 0.3 is 5.97 Å². The van der Waals surface area contributed by atoms with Crippen molar-refractivity contribution in [3.63, 3.8) is 0 Å². The van der Waals surface area contributed by atoms with E-state index in [2.05, 4.69) is 18.9 Å². The maximum absolute atomic E-state index is 12.8. The zero-order chi connectivity index (χ0) is 21.3. The van der Waals surface area contributed by atoms with Crippen molar-refractivity contribution in [2.24, 2.45) is 16.7 Å². The van der Waals surface area contributed by atoms with Crippen molar-refractivity contribution in [3.8, 4) is 0 Å². The Kier molecular flexibility index (Phi) is 4.75. The molecule has 0 aromatic heterocycles. The highest BCUT2D eigenvalue weighted by Gasteiger charge is 2.68. The Morgan fingerprint density at radius 3 is 2.73 bits per heavy atom. The number of nitrogens with zero attached hydrogens (tertiary/aromatic N) is 1. The second-order valence-corrected chi connectivity index (χ2v) is 10.2. The molecular weight excluding hydrogens is 382 g/mol. The van der Waals surface area contributed by atoms with Crippen molar-refractivity contribution in [2.45, 2.75) is 63.8 Å². The van der Waals surface area contributed by atoms with Gasteiger partial charge in [-0.3, -0.25) is 0 Å². The van der Waals surface area contributed by atoms with Crippen LogP contribution in [-0.4, -0.2) is 68.8 Å². The number of esters is 1. The lowest BCUT2D eigenvalue weighted by Crippen LogP contribution is -2.64. The fourth-order valence-electron chi connectivity index (χ4n) is 7.75. The average molecular weight is 418 g/mol. The van der Waals surface area contributed by atoms with Crippen molar-refractivity contribution in [1.29, 1.82) is 0 Å².